The number of hydrogen-bond donors (Lipinski definition) is 1. The molecule has 1 aromatic heterocycles. The second-order valence-electron chi connectivity index (χ2n) is 7.12. The summed E-state index contributed by atoms with van der Waals surface area (Å²) < 4.78 is 56.0. The van der Waals surface area contributed by atoms with E-state index >= 15 is 0 Å². The number of hydrogen-bond acceptors (Lipinski definition) is 6. The van der Waals surface area contributed by atoms with E-state index in [1.807, 2.05) is 0 Å². The molecule has 0 unspecified atom stereocenters. The van der Waals surface area contributed by atoms with Crippen molar-refractivity contribution < 1.29 is 31.5 Å². The van der Waals surface area contributed by atoms with E-state index in [2.05, 4.69) is 5.32 Å². The summed E-state index contributed by atoms with van der Waals surface area (Å²) in [5.74, 6) is -0.287. The number of halogens is 2. The average Bonchev–Trinajstić information content (AvgIpc) is 3.29. The van der Waals surface area contributed by atoms with E-state index in [0.29, 0.717) is 37.8 Å². The Kier molecular flexibility index (Phi) is 6.99. The molecule has 0 saturated carbocycles. The van der Waals surface area contributed by atoms with E-state index in [1.54, 1.807) is 6.07 Å². The van der Waals surface area contributed by atoms with Gasteiger partial charge < -0.3 is 19.2 Å². The number of benzene rings is 2. The van der Waals surface area contributed by atoms with Gasteiger partial charge in [0.1, 0.15) is 23.9 Å². The predicted molar refractivity (Wildman–Crippen MR) is 118 cm³/mol. The Morgan fingerprint density at radius 2 is 1.82 bits per heavy atom. The van der Waals surface area contributed by atoms with Gasteiger partial charge in [-0.15, -0.1) is 0 Å². The highest BCUT2D eigenvalue weighted by Gasteiger charge is 2.26. The molecule has 2 aromatic carbocycles. The molecule has 1 aliphatic rings. The van der Waals surface area contributed by atoms with Gasteiger partial charge in [-0.2, -0.15) is 4.31 Å². The van der Waals surface area contributed by atoms with Crippen LogP contribution in [0.4, 0.5) is 10.1 Å². The summed E-state index contributed by atoms with van der Waals surface area (Å²) in [7, 11) is -3.61. The SMILES string of the molecule is O=C(Nc1ccc(S(=O)(=O)N2CCOCC2)cc1)c1ccc(COc2ccc(F)cc2Cl)o1. The largest absolute Gasteiger partial charge is 0.484 e. The van der Waals surface area contributed by atoms with Crippen LogP contribution in [0, 0.1) is 5.82 Å². The third-order valence-electron chi connectivity index (χ3n) is 4.87. The standard InChI is InChI=1S/C22H20ClFN2O6S/c23-19-13-15(24)1-7-20(19)31-14-17-4-8-21(32-17)22(27)25-16-2-5-18(6-3-16)33(28,29)26-9-11-30-12-10-26/h1-8,13H,9-12,14H2,(H,25,27). The zero-order valence-corrected chi connectivity index (χ0v) is 18.9. The van der Waals surface area contributed by atoms with Crippen molar-refractivity contribution in [2.24, 2.45) is 0 Å². The molecule has 3 aromatic rings. The first-order chi connectivity index (χ1) is 15.8. The molecule has 11 heteroatoms. The Balaban J connectivity index is 1.36. The summed E-state index contributed by atoms with van der Waals surface area (Å²) in [6.45, 7) is 1.32. The number of amides is 1. The number of ether oxygens (including phenoxy) is 2. The smallest absolute Gasteiger partial charge is 0.291 e. The van der Waals surface area contributed by atoms with E-state index in [0.717, 1.165) is 6.07 Å². The highest BCUT2D eigenvalue weighted by atomic mass is 35.5. The zero-order chi connectivity index (χ0) is 23.4. The van der Waals surface area contributed by atoms with Crippen LogP contribution in [0.2, 0.25) is 5.02 Å². The first kappa shape index (κ1) is 23.2. The van der Waals surface area contributed by atoms with Crippen molar-refractivity contribution in [2.45, 2.75) is 11.5 Å². The molecule has 0 atom stereocenters. The Morgan fingerprint density at radius 1 is 1.09 bits per heavy atom. The molecule has 4 rings (SSSR count). The quantitative estimate of drug-likeness (QED) is 0.534. The van der Waals surface area contributed by atoms with Crippen LogP contribution in [-0.2, 0) is 21.4 Å². The molecule has 1 aliphatic heterocycles. The third-order valence-corrected chi connectivity index (χ3v) is 7.08. The molecule has 0 bridgehead atoms. The van der Waals surface area contributed by atoms with Crippen molar-refractivity contribution in [3.63, 3.8) is 0 Å². The van der Waals surface area contributed by atoms with Crippen molar-refractivity contribution in [3.8, 4) is 5.75 Å². The van der Waals surface area contributed by atoms with Crippen molar-refractivity contribution in [1.29, 1.82) is 0 Å². The van der Waals surface area contributed by atoms with Gasteiger partial charge in [0, 0.05) is 18.8 Å². The maximum Gasteiger partial charge on any atom is 0.291 e. The van der Waals surface area contributed by atoms with Crippen LogP contribution in [0.25, 0.3) is 0 Å². The number of carbonyl (C=O) groups excluding carboxylic acids is 1. The molecule has 0 radical (unpaired) electrons. The number of sulfonamides is 1. The number of anilines is 1. The van der Waals surface area contributed by atoms with Crippen molar-refractivity contribution in [1.82, 2.24) is 4.31 Å². The molecule has 0 aliphatic carbocycles. The van der Waals surface area contributed by atoms with Gasteiger partial charge in [-0.3, -0.25) is 4.79 Å². The molecule has 2 heterocycles. The van der Waals surface area contributed by atoms with Crippen LogP contribution < -0.4 is 10.1 Å². The second kappa shape index (κ2) is 9.92. The minimum atomic E-state index is -3.61. The topological polar surface area (TPSA) is 98.1 Å². The van der Waals surface area contributed by atoms with Gasteiger partial charge in [0.05, 0.1) is 23.1 Å². The number of rotatable bonds is 7. The van der Waals surface area contributed by atoms with Gasteiger partial charge in [0.15, 0.2) is 5.76 Å². The van der Waals surface area contributed by atoms with Crippen LogP contribution in [0.15, 0.2) is 63.9 Å². The molecular formula is C22H20ClFN2O6S. The lowest BCUT2D eigenvalue weighted by atomic mass is 10.3. The molecule has 1 fully saturated rings. The molecule has 1 saturated heterocycles. The Hall–Kier alpha value is -2.92. The van der Waals surface area contributed by atoms with Gasteiger partial charge in [-0.1, -0.05) is 11.6 Å². The van der Waals surface area contributed by atoms with Gasteiger partial charge in [-0.25, -0.2) is 12.8 Å². The summed E-state index contributed by atoms with van der Waals surface area (Å²) in [6.07, 6.45) is 0. The monoisotopic (exact) mass is 494 g/mol. The highest BCUT2D eigenvalue weighted by molar-refractivity contribution is 7.89. The molecule has 1 N–H and O–H groups in total. The van der Waals surface area contributed by atoms with E-state index in [9.17, 15) is 17.6 Å². The first-order valence-electron chi connectivity index (χ1n) is 9.99. The molecule has 0 spiro atoms. The summed E-state index contributed by atoms with van der Waals surface area (Å²) in [6, 6.07) is 12.7. The fourth-order valence-corrected chi connectivity index (χ4v) is 4.79. The lowest BCUT2D eigenvalue weighted by Crippen LogP contribution is -2.40. The molecular weight excluding hydrogens is 475 g/mol. The predicted octanol–water partition coefficient (Wildman–Crippen LogP) is 3.92. The van der Waals surface area contributed by atoms with Gasteiger partial charge in [0.25, 0.3) is 5.91 Å². The fourth-order valence-electron chi connectivity index (χ4n) is 3.16. The highest BCUT2D eigenvalue weighted by Crippen LogP contribution is 2.26. The summed E-state index contributed by atoms with van der Waals surface area (Å²) in [5.41, 5.74) is 0.410. The average molecular weight is 495 g/mol. The van der Waals surface area contributed by atoms with E-state index in [-0.39, 0.29) is 28.0 Å². The lowest BCUT2D eigenvalue weighted by Gasteiger charge is -2.26. The molecule has 1 amide bonds. The maximum absolute atomic E-state index is 13.1. The van der Waals surface area contributed by atoms with E-state index in [1.165, 1.54) is 46.8 Å². The van der Waals surface area contributed by atoms with Gasteiger partial charge in [0.2, 0.25) is 10.0 Å². The number of nitrogens with one attached hydrogen (secondary N) is 1. The Labute approximate surface area is 194 Å². The molecule has 174 valence electrons. The summed E-state index contributed by atoms with van der Waals surface area (Å²) in [4.78, 5) is 12.6. The fraction of sp³-hybridized carbons (Fsp3) is 0.227. The molecule has 8 nitrogen and oxygen atoms in total. The van der Waals surface area contributed by atoms with Gasteiger partial charge in [-0.05, 0) is 54.6 Å². The Morgan fingerprint density at radius 3 is 2.52 bits per heavy atom. The van der Waals surface area contributed by atoms with Crippen LogP contribution >= 0.6 is 11.6 Å². The number of nitrogens with zero attached hydrogens (tertiary/aromatic N) is 1. The van der Waals surface area contributed by atoms with Crippen LogP contribution in [0.5, 0.6) is 5.75 Å². The van der Waals surface area contributed by atoms with Crippen LogP contribution in [0.3, 0.4) is 0 Å². The van der Waals surface area contributed by atoms with Crippen molar-refractivity contribution >= 4 is 33.2 Å². The van der Waals surface area contributed by atoms with Crippen molar-refractivity contribution in [2.75, 3.05) is 31.6 Å². The minimum Gasteiger partial charge on any atom is -0.484 e. The molecule has 33 heavy (non-hydrogen) atoms. The van der Waals surface area contributed by atoms with Gasteiger partial charge >= 0.3 is 0 Å². The maximum atomic E-state index is 13.1. The zero-order valence-electron chi connectivity index (χ0n) is 17.3. The summed E-state index contributed by atoms with van der Waals surface area (Å²) in [5, 5.41) is 2.78. The van der Waals surface area contributed by atoms with Crippen LogP contribution in [0.1, 0.15) is 16.3 Å². The first-order valence-corrected chi connectivity index (χ1v) is 11.8. The summed E-state index contributed by atoms with van der Waals surface area (Å²) >= 11 is 5.92. The minimum absolute atomic E-state index is 0.00721. The number of carbonyl (C=O) groups is 1. The number of morpholine rings is 1. The lowest BCUT2D eigenvalue weighted by molar-refractivity contribution is 0.0730. The normalized spacial score (nSPS) is 14.7. The van der Waals surface area contributed by atoms with E-state index in [4.69, 9.17) is 25.5 Å². The van der Waals surface area contributed by atoms with E-state index < -0.39 is 21.7 Å². The third kappa shape index (κ3) is 5.53. The Bertz CT molecular complexity index is 1240. The van der Waals surface area contributed by atoms with Crippen molar-refractivity contribution in [3.05, 3.63) is 77.0 Å². The second-order valence-corrected chi connectivity index (χ2v) is 9.47. The van der Waals surface area contributed by atoms with Crippen LogP contribution in [-0.4, -0.2) is 44.9 Å². The number of furan rings is 1.